The number of rotatable bonds is 5. The van der Waals surface area contributed by atoms with E-state index < -0.39 is 0 Å². The number of para-hydroxylation sites is 2. The van der Waals surface area contributed by atoms with Gasteiger partial charge in [-0.1, -0.05) is 35.9 Å². The molecule has 2 aromatic carbocycles. The lowest BCUT2D eigenvalue weighted by atomic mass is 10.1. The molecule has 0 saturated heterocycles. The highest BCUT2D eigenvalue weighted by atomic mass is 35.5. The first-order valence-corrected chi connectivity index (χ1v) is 10.6. The molecule has 4 nitrogen and oxygen atoms in total. The van der Waals surface area contributed by atoms with Gasteiger partial charge < -0.3 is 10.6 Å². The molecule has 1 fully saturated rings. The van der Waals surface area contributed by atoms with Gasteiger partial charge in [-0.25, -0.2) is 4.98 Å². The number of fused-ring (bicyclic) bond motifs is 3. The van der Waals surface area contributed by atoms with Crippen molar-refractivity contribution in [3.8, 4) is 0 Å². The smallest absolute Gasteiger partial charge is 0.253 e. The monoisotopic (exact) mass is 407 g/mol. The first-order chi connectivity index (χ1) is 13.7. The van der Waals surface area contributed by atoms with Crippen LogP contribution in [0.3, 0.4) is 0 Å². The minimum atomic E-state index is -0.0664. The van der Waals surface area contributed by atoms with Crippen LogP contribution in [0.1, 0.15) is 23.2 Å². The number of halogens is 1. The van der Waals surface area contributed by atoms with Crippen LogP contribution in [-0.4, -0.2) is 17.4 Å². The molecule has 0 spiro atoms. The van der Waals surface area contributed by atoms with Gasteiger partial charge >= 0.3 is 0 Å². The largest absolute Gasteiger partial charge is 0.352 e. The van der Waals surface area contributed by atoms with E-state index in [1.807, 2.05) is 47.8 Å². The van der Waals surface area contributed by atoms with Crippen molar-refractivity contribution in [1.29, 1.82) is 0 Å². The van der Waals surface area contributed by atoms with E-state index in [1.54, 1.807) is 11.3 Å². The summed E-state index contributed by atoms with van der Waals surface area (Å²) in [4.78, 5) is 17.7. The summed E-state index contributed by atoms with van der Waals surface area (Å²) in [5, 5.41) is 11.2. The predicted octanol–water partition coefficient (Wildman–Crippen LogP) is 5.99. The van der Waals surface area contributed by atoms with Crippen molar-refractivity contribution in [3.05, 3.63) is 64.5 Å². The lowest BCUT2D eigenvalue weighted by Gasteiger charge is -2.12. The minimum Gasteiger partial charge on any atom is -0.352 e. The molecule has 140 valence electrons. The second-order valence-electron chi connectivity index (χ2n) is 7.08. The number of aromatic nitrogens is 1. The molecule has 0 bridgehead atoms. The number of thiophene rings is 1. The van der Waals surface area contributed by atoms with Crippen molar-refractivity contribution in [1.82, 2.24) is 10.3 Å². The van der Waals surface area contributed by atoms with Gasteiger partial charge in [-0.2, -0.15) is 0 Å². The first-order valence-electron chi connectivity index (χ1n) is 9.30. The van der Waals surface area contributed by atoms with E-state index in [9.17, 15) is 4.79 Å². The SMILES string of the molecule is O=C(NCC1CC1)c1cccc2c1nc(Nc1ccccc1Cl)c1sccc12. The summed E-state index contributed by atoms with van der Waals surface area (Å²) in [5.41, 5.74) is 2.10. The zero-order valence-electron chi connectivity index (χ0n) is 15.0. The third-order valence-electron chi connectivity index (χ3n) is 5.05. The summed E-state index contributed by atoms with van der Waals surface area (Å²) >= 11 is 7.95. The number of pyridine rings is 1. The number of anilines is 2. The number of amides is 1. The van der Waals surface area contributed by atoms with Gasteiger partial charge in [-0.15, -0.1) is 11.3 Å². The number of nitrogens with zero attached hydrogens (tertiary/aromatic N) is 1. The van der Waals surface area contributed by atoms with E-state index in [4.69, 9.17) is 16.6 Å². The molecule has 0 atom stereocenters. The van der Waals surface area contributed by atoms with Crippen LogP contribution in [0, 0.1) is 5.92 Å². The molecule has 1 aliphatic carbocycles. The molecule has 2 N–H and O–H groups in total. The lowest BCUT2D eigenvalue weighted by molar-refractivity contribution is 0.0953. The van der Waals surface area contributed by atoms with Crippen LogP contribution in [0.25, 0.3) is 21.0 Å². The first kappa shape index (κ1) is 17.5. The molecule has 28 heavy (non-hydrogen) atoms. The number of hydrogen-bond acceptors (Lipinski definition) is 4. The van der Waals surface area contributed by atoms with Gasteiger partial charge in [0.1, 0.15) is 5.82 Å². The van der Waals surface area contributed by atoms with Gasteiger partial charge in [-0.05, 0) is 48.4 Å². The molecule has 4 aromatic rings. The Labute approximate surface area is 171 Å². The van der Waals surface area contributed by atoms with E-state index in [-0.39, 0.29) is 5.91 Å². The Morgan fingerprint density at radius 1 is 1.11 bits per heavy atom. The van der Waals surface area contributed by atoms with Gasteiger partial charge in [-0.3, -0.25) is 4.79 Å². The summed E-state index contributed by atoms with van der Waals surface area (Å²) in [6.45, 7) is 0.737. The number of carbonyl (C=O) groups is 1. The van der Waals surface area contributed by atoms with E-state index in [0.717, 1.165) is 27.7 Å². The highest BCUT2D eigenvalue weighted by Gasteiger charge is 2.23. The predicted molar refractivity (Wildman–Crippen MR) is 117 cm³/mol. The van der Waals surface area contributed by atoms with Crippen LogP contribution in [-0.2, 0) is 0 Å². The Kier molecular flexibility index (Phi) is 4.41. The Balaban J connectivity index is 1.63. The van der Waals surface area contributed by atoms with Gasteiger partial charge in [0.25, 0.3) is 5.91 Å². The maximum Gasteiger partial charge on any atom is 0.253 e. The quantitative estimate of drug-likeness (QED) is 0.427. The van der Waals surface area contributed by atoms with Crippen molar-refractivity contribution in [2.24, 2.45) is 5.92 Å². The maximum absolute atomic E-state index is 12.8. The summed E-state index contributed by atoms with van der Waals surface area (Å²) in [6.07, 6.45) is 2.41. The summed E-state index contributed by atoms with van der Waals surface area (Å²) in [7, 11) is 0. The molecule has 1 amide bonds. The van der Waals surface area contributed by atoms with E-state index in [0.29, 0.717) is 27.8 Å². The molecule has 1 aliphatic rings. The highest BCUT2D eigenvalue weighted by molar-refractivity contribution is 7.18. The number of nitrogens with one attached hydrogen (secondary N) is 2. The minimum absolute atomic E-state index is 0.0664. The third kappa shape index (κ3) is 3.21. The normalized spacial score (nSPS) is 13.8. The molecule has 5 rings (SSSR count). The molecule has 0 aliphatic heterocycles. The van der Waals surface area contributed by atoms with E-state index in [2.05, 4.69) is 16.7 Å². The molecule has 0 radical (unpaired) electrons. The molecule has 1 saturated carbocycles. The summed E-state index contributed by atoms with van der Waals surface area (Å²) in [6, 6.07) is 15.4. The van der Waals surface area contributed by atoms with Crippen LogP contribution in [0.4, 0.5) is 11.5 Å². The maximum atomic E-state index is 12.8. The highest BCUT2D eigenvalue weighted by Crippen LogP contribution is 2.37. The number of benzene rings is 2. The fourth-order valence-electron chi connectivity index (χ4n) is 3.36. The molecular formula is C22H18ClN3OS. The van der Waals surface area contributed by atoms with Crippen molar-refractivity contribution >= 4 is 61.3 Å². The third-order valence-corrected chi connectivity index (χ3v) is 6.30. The standard InChI is InChI=1S/C22H18ClN3OS/c23-17-6-1-2-7-18(17)25-21-20-15(10-11-28-20)14-4-3-5-16(19(14)26-21)22(27)24-12-13-8-9-13/h1-7,10-11,13H,8-9,12H2,(H,24,27)(H,25,26). The molecule has 2 heterocycles. The average Bonchev–Trinajstić information content (AvgIpc) is 3.40. The number of carbonyl (C=O) groups excluding carboxylic acids is 1. The van der Waals surface area contributed by atoms with Crippen molar-refractivity contribution < 1.29 is 4.79 Å². The van der Waals surface area contributed by atoms with Crippen LogP contribution in [0.5, 0.6) is 0 Å². The van der Waals surface area contributed by atoms with Crippen LogP contribution in [0.2, 0.25) is 5.02 Å². The summed E-state index contributed by atoms with van der Waals surface area (Å²) < 4.78 is 1.04. The van der Waals surface area contributed by atoms with Gasteiger partial charge in [0.15, 0.2) is 0 Å². The molecule has 0 unspecified atom stereocenters. The fraction of sp³-hybridized carbons (Fsp3) is 0.182. The van der Waals surface area contributed by atoms with Gasteiger partial charge in [0.05, 0.1) is 26.5 Å². The molecule has 6 heteroatoms. The van der Waals surface area contributed by atoms with Crippen molar-refractivity contribution in [3.63, 3.8) is 0 Å². The molecular weight excluding hydrogens is 390 g/mol. The van der Waals surface area contributed by atoms with Crippen molar-refractivity contribution in [2.75, 3.05) is 11.9 Å². The zero-order valence-corrected chi connectivity index (χ0v) is 16.6. The Bertz CT molecular complexity index is 1200. The average molecular weight is 408 g/mol. The fourth-order valence-corrected chi connectivity index (χ4v) is 4.40. The van der Waals surface area contributed by atoms with Gasteiger partial charge in [0.2, 0.25) is 0 Å². The van der Waals surface area contributed by atoms with Crippen LogP contribution >= 0.6 is 22.9 Å². The van der Waals surface area contributed by atoms with Crippen molar-refractivity contribution in [2.45, 2.75) is 12.8 Å². The Morgan fingerprint density at radius 2 is 1.96 bits per heavy atom. The topological polar surface area (TPSA) is 54.0 Å². The van der Waals surface area contributed by atoms with Gasteiger partial charge in [0, 0.05) is 17.3 Å². The van der Waals surface area contributed by atoms with Crippen LogP contribution in [0.15, 0.2) is 53.9 Å². The van der Waals surface area contributed by atoms with Crippen LogP contribution < -0.4 is 10.6 Å². The lowest BCUT2D eigenvalue weighted by Crippen LogP contribution is -2.25. The number of hydrogen-bond donors (Lipinski definition) is 2. The summed E-state index contributed by atoms with van der Waals surface area (Å²) in [5.74, 6) is 1.28. The van der Waals surface area contributed by atoms with E-state index in [1.165, 1.54) is 12.8 Å². The Hall–Kier alpha value is -2.63. The second-order valence-corrected chi connectivity index (χ2v) is 8.41. The Morgan fingerprint density at radius 3 is 2.79 bits per heavy atom. The van der Waals surface area contributed by atoms with E-state index >= 15 is 0 Å². The molecule has 2 aromatic heterocycles. The second kappa shape index (κ2) is 7.08. The zero-order chi connectivity index (χ0) is 19.1.